The van der Waals surface area contributed by atoms with Gasteiger partial charge in [0.15, 0.2) is 0 Å². The minimum absolute atomic E-state index is 0.134. The van der Waals surface area contributed by atoms with E-state index in [0.29, 0.717) is 6.54 Å². The molecule has 17 heavy (non-hydrogen) atoms. The van der Waals surface area contributed by atoms with Gasteiger partial charge in [-0.15, -0.1) is 0 Å². The number of nitrogens with zero attached hydrogens (tertiary/aromatic N) is 1. The van der Waals surface area contributed by atoms with Crippen molar-refractivity contribution in [2.24, 2.45) is 0 Å². The Morgan fingerprint density at radius 3 is 2.65 bits per heavy atom. The van der Waals surface area contributed by atoms with E-state index in [9.17, 15) is 0 Å². The van der Waals surface area contributed by atoms with E-state index in [1.807, 2.05) is 24.3 Å². The first-order valence-corrected chi connectivity index (χ1v) is 5.87. The van der Waals surface area contributed by atoms with Crippen molar-refractivity contribution in [3.63, 3.8) is 0 Å². The van der Waals surface area contributed by atoms with Gasteiger partial charge in [0.05, 0.1) is 13.7 Å². The van der Waals surface area contributed by atoms with Gasteiger partial charge in [-0.05, 0) is 24.1 Å². The third kappa shape index (κ3) is 5.17. The number of rotatable bonds is 8. The third-order valence-electron chi connectivity index (χ3n) is 2.59. The highest BCUT2D eigenvalue weighted by molar-refractivity contribution is 5.28. The molecule has 0 aromatic heterocycles. The molecule has 0 aliphatic rings. The lowest BCUT2D eigenvalue weighted by Gasteiger charge is -2.21. The van der Waals surface area contributed by atoms with Gasteiger partial charge in [-0.3, -0.25) is 4.90 Å². The molecule has 0 saturated heterocycles. The maximum absolute atomic E-state index is 8.99. The van der Waals surface area contributed by atoms with Crippen molar-refractivity contribution in [1.29, 1.82) is 0 Å². The predicted octanol–water partition coefficient (Wildman–Crippen LogP) is 0.872. The van der Waals surface area contributed by atoms with Crippen molar-refractivity contribution in [3.8, 4) is 5.75 Å². The Bertz CT molecular complexity index is 317. The van der Waals surface area contributed by atoms with Gasteiger partial charge >= 0.3 is 0 Å². The lowest BCUT2D eigenvalue weighted by Crippen LogP contribution is -2.28. The van der Waals surface area contributed by atoms with Crippen LogP contribution in [0.1, 0.15) is 12.0 Å². The fraction of sp³-hybridized carbons (Fsp3) is 0.538. The molecule has 0 aliphatic carbocycles. The highest BCUT2D eigenvalue weighted by Crippen LogP contribution is 2.14. The molecule has 0 heterocycles. The molecular formula is C13H21NO3. The molecule has 1 aromatic carbocycles. The second-order valence-corrected chi connectivity index (χ2v) is 3.93. The van der Waals surface area contributed by atoms with Crippen molar-refractivity contribution >= 4 is 0 Å². The van der Waals surface area contributed by atoms with Crippen LogP contribution in [0, 0.1) is 0 Å². The van der Waals surface area contributed by atoms with Crippen LogP contribution in [0.15, 0.2) is 24.3 Å². The Labute approximate surface area is 102 Å². The normalized spacial score (nSPS) is 10.8. The molecule has 0 atom stereocenters. The van der Waals surface area contributed by atoms with Crippen LogP contribution in [-0.2, 0) is 6.54 Å². The maximum atomic E-state index is 8.99. The van der Waals surface area contributed by atoms with E-state index in [2.05, 4.69) is 4.90 Å². The van der Waals surface area contributed by atoms with Gasteiger partial charge in [-0.25, -0.2) is 0 Å². The van der Waals surface area contributed by atoms with Crippen LogP contribution in [0.4, 0.5) is 0 Å². The molecule has 96 valence electrons. The predicted molar refractivity (Wildman–Crippen MR) is 67.1 cm³/mol. The Hall–Kier alpha value is -1.10. The zero-order valence-electron chi connectivity index (χ0n) is 10.3. The zero-order valence-corrected chi connectivity index (χ0v) is 10.3. The van der Waals surface area contributed by atoms with E-state index in [1.54, 1.807) is 7.11 Å². The first-order valence-electron chi connectivity index (χ1n) is 5.87. The van der Waals surface area contributed by atoms with Crippen LogP contribution in [-0.4, -0.2) is 48.5 Å². The topological polar surface area (TPSA) is 52.9 Å². The lowest BCUT2D eigenvalue weighted by molar-refractivity contribution is 0.174. The molecule has 0 aliphatic heterocycles. The number of aliphatic hydroxyl groups excluding tert-OH is 2. The van der Waals surface area contributed by atoms with Gasteiger partial charge in [-0.1, -0.05) is 12.1 Å². The molecule has 0 saturated carbocycles. The molecule has 4 nitrogen and oxygen atoms in total. The SMILES string of the molecule is COc1cccc(CN(CCO)CCCO)c1. The van der Waals surface area contributed by atoms with Crippen molar-refractivity contribution in [3.05, 3.63) is 29.8 Å². The molecule has 0 bridgehead atoms. The minimum Gasteiger partial charge on any atom is -0.497 e. The molecule has 0 radical (unpaired) electrons. The average Bonchev–Trinajstić information content (AvgIpc) is 2.36. The van der Waals surface area contributed by atoms with Crippen LogP contribution >= 0.6 is 0 Å². The first-order chi connectivity index (χ1) is 8.30. The number of aliphatic hydroxyl groups is 2. The molecule has 0 spiro atoms. The summed E-state index contributed by atoms with van der Waals surface area (Å²) in [6, 6.07) is 7.89. The second kappa shape index (κ2) is 8.06. The summed E-state index contributed by atoms with van der Waals surface area (Å²) in [5, 5.41) is 17.8. The van der Waals surface area contributed by atoms with Crippen molar-refractivity contribution in [2.75, 3.05) is 33.4 Å². The van der Waals surface area contributed by atoms with Gasteiger partial charge in [0, 0.05) is 26.2 Å². The Balaban J connectivity index is 2.57. The molecule has 4 heteroatoms. The maximum Gasteiger partial charge on any atom is 0.119 e. The van der Waals surface area contributed by atoms with Crippen LogP contribution in [0.25, 0.3) is 0 Å². The molecule has 2 N–H and O–H groups in total. The van der Waals surface area contributed by atoms with E-state index >= 15 is 0 Å². The highest BCUT2D eigenvalue weighted by atomic mass is 16.5. The van der Waals surface area contributed by atoms with Gasteiger partial charge in [0.1, 0.15) is 5.75 Å². The number of hydrogen-bond donors (Lipinski definition) is 2. The fourth-order valence-electron chi connectivity index (χ4n) is 1.73. The third-order valence-corrected chi connectivity index (χ3v) is 2.59. The van der Waals surface area contributed by atoms with Gasteiger partial charge in [0.25, 0.3) is 0 Å². The fourth-order valence-corrected chi connectivity index (χ4v) is 1.73. The first kappa shape index (κ1) is 14.0. The molecule has 1 rings (SSSR count). The number of methoxy groups -OCH3 is 1. The van der Waals surface area contributed by atoms with Gasteiger partial charge in [-0.2, -0.15) is 0 Å². The van der Waals surface area contributed by atoms with Crippen LogP contribution < -0.4 is 4.74 Å². The monoisotopic (exact) mass is 239 g/mol. The van der Waals surface area contributed by atoms with Crippen molar-refractivity contribution < 1.29 is 14.9 Å². The lowest BCUT2D eigenvalue weighted by atomic mass is 10.2. The summed E-state index contributed by atoms with van der Waals surface area (Å²) >= 11 is 0. The van der Waals surface area contributed by atoms with Crippen molar-refractivity contribution in [1.82, 2.24) is 4.90 Å². The van der Waals surface area contributed by atoms with E-state index in [0.717, 1.165) is 30.8 Å². The zero-order chi connectivity index (χ0) is 12.5. The van der Waals surface area contributed by atoms with Crippen LogP contribution in [0.3, 0.4) is 0 Å². The minimum atomic E-state index is 0.134. The molecule has 0 unspecified atom stereocenters. The number of hydrogen-bond acceptors (Lipinski definition) is 4. The molecule has 1 aromatic rings. The average molecular weight is 239 g/mol. The summed E-state index contributed by atoms with van der Waals surface area (Å²) in [5.41, 5.74) is 1.15. The van der Waals surface area contributed by atoms with Gasteiger partial charge < -0.3 is 14.9 Å². The summed E-state index contributed by atoms with van der Waals surface area (Å²) in [6.07, 6.45) is 0.726. The van der Waals surface area contributed by atoms with E-state index in [1.165, 1.54) is 0 Å². The summed E-state index contributed by atoms with van der Waals surface area (Å²) in [6.45, 7) is 2.48. The number of ether oxygens (including phenoxy) is 1. The van der Waals surface area contributed by atoms with Crippen molar-refractivity contribution in [2.45, 2.75) is 13.0 Å². The van der Waals surface area contributed by atoms with Gasteiger partial charge in [0.2, 0.25) is 0 Å². The molecule has 0 fully saturated rings. The summed E-state index contributed by atoms with van der Waals surface area (Å²) in [4.78, 5) is 2.12. The summed E-state index contributed by atoms with van der Waals surface area (Å²) < 4.78 is 5.17. The number of benzene rings is 1. The Morgan fingerprint density at radius 1 is 1.18 bits per heavy atom. The van der Waals surface area contributed by atoms with E-state index < -0.39 is 0 Å². The molecule has 0 amide bonds. The largest absolute Gasteiger partial charge is 0.497 e. The van der Waals surface area contributed by atoms with Crippen LogP contribution in [0.2, 0.25) is 0 Å². The summed E-state index contributed by atoms with van der Waals surface area (Å²) in [7, 11) is 1.65. The Kier molecular flexibility index (Phi) is 6.62. The van der Waals surface area contributed by atoms with E-state index in [-0.39, 0.29) is 13.2 Å². The second-order valence-electron chi connectivity index (χ2n) is 3.93. The Morgan fingerprint density at radius 2 is 2.00 bits per heavy atom. The quantitative estimate of drug-likeness (QED) is 0.707. The summed E-state index contributed by atoms with van der Waals surface area (Å²) in [5.74, 6) is 0.841. The van der Waals surface area contributed by atoms with Crippen LogP contribution in [0.5, 0.6) is 5.75 Å². The smallest absolute Gasteiger partial charge is 0.119 e. The van der Waals surface area contributed by atoms with E-state index in [4.69, 9.17) is 14.9 Å². The molecular weight excluding hydrogens is 218 g/mol. The standard InChI is InChI=1S/C13H21NO3/c1-17-13-5-2-4-12(10-13)11-14(7-9-16)6-3-8-15/h2,4-5,10,15-16H,3,6-9,11H2,1H3. The highest BCUT2D eigenvalue weighted by Gasteiger charge is 2.05.